The second-order valence-electron chi connectivity index (χ2n) is 5.76. The molecule has 144 valence electrons. The quantitative estimate of drug-likeness (QED) is 0.694. The number of hydrogen-bond donors (Lipinski definition) is 2. The lowest BCUT2D eigenvalue weighted by Crippen LogP contribution is -2.23. The molecule has 0 aliphatic rings. The van der Waals surface area contributed by atoms with E-state index in [0.29, 0.717) is 5.76 Å². The molecule has 0 unspecified atom stereocenters. The third kappa shape index (κ3) is 4.76. The average Bonchev–Trinajstić information content (AvgIpc) is 3.19. The summed E-state index contributed by atoms with van der Waals surface area (Å²) in [7, 11) is 0. The van der Waals surface area contributed by atoms with Crippen molar-refractivity contribution >= 4 is 17.5 Å². The van der Waals surface area contributed by atoms with Gasteiger partial charge in [-0.25, -0.2) is 0 Å². The highest BCUT2D eigenvalue weighted by Crippen LogP contribution is 2.30. The SMILES string of the molecule is O=C(NCc1ccco1)c1cncc(C(=O)Nc2cccc(C(F)(F)F)c2)c1. The Kier molecular flexibility index (Phi) is 5.44. The van der Waals surface area contributed by atoms with Crippen LogP contribution in [0.1, 0.15) is 32.0 Å². The molecule has 0 aliphatic heterocycles. The summed E-state index contributed by atoms with van der Waals surface area (Å²) in [4.78, 5) is 28.3. The lowest BCUT2D eigenvalue weighted by atomic mass is 10.1. The van der Waals surface area contributed by atoms with Crippen molar-refractivity contribution in [1.29, 1.82) is 0 Å². The van der Waals surface area contributed by atoms with Crippen LogP contribution in [0.4, 0.5) is 18.9 Å². The number of furan rings is 1. The van der Waals surface area contributed by atoms with E-state index >= 15 is 0 Å². The maximum absolute atomic E-state index is 12.8. The van der Waals surface area contributed by atoms with Crippen LogP contribution in [-0.4, -0.2) is 16.8 Å². The highest BCUT2D eigenvalue weighted by molar-refractivity contribution is 6.05. The van der Waals surface area contributed by atoms with Gasteiger partial charge in [0.2, 0.25) is 0 Å². The predicted molar refractivity (Wildman–Crippen MR) is 93.5 cm³/mol. The molecule has 0 spiro atoms. The van der Waals surface area contributed by atoms with Crippen molar-refractivity contribution in [2.24, 2.45) is 0 Å². The number of hydrogen-bond acceptors (Lipinski definition) is 4. The number of aromatic nitrogens is 1. The van der Waals surface area contributed by atoms with Gasteiger partial charge in [-0.15, -0.1) is 0 Å². The Morgan fingerprint density at radius 2 is 1.75 bits per heavy atom. The predicted octanol–water partition coefficient (Wildman–Crippen LogP) is 3.88. The zero-order chi connectivity index (χ0) is 20.1. The van der Waals surface area contributed by atoms with Crippen LogP contribution >= 0.6 is 0 Å². The van der Waals surface area contributed by atoms with Crippen molar-refractivity contribution in [2.75, 3.05) is 5.32 Å². The normalized spacial score (nSPS) is 11.1. The molecular weight excluding hydrogens is 375 g/mol. The van der Waals surface area contributed by atoms with E-state index < -0.39 is 23.6 Å². The average molecular weight is 389 g/mol. The summed E-state index contributed by atoms with van der Waals surface area (Å²) < 4.78 is 43.4. The van der Waals surface area contributed by atoms with Crippen molar-refractivity contribution in [3.63, 3.8) is 0 Å². The molecule has 2 N–H and O–H groups in total. The largest absolute Gasteiger partial charge is 0.467 e. The fourth-order valence-corrected chi connectivity index (χ4v) is 2.35. The van der Waals surface area contributed by atoms with Gasteiger partial charge in [0.1, 0.15) is 5.76 Å². The standard InChI is InChI=1S/C19H14F3N3O3/c20-19(21,22)14-3-1-4-15(8-14)25-18(27)13-7-12(9-23-10-13)17(26)24-11-16-5-2-6-28-16/h1-10H,11H2,(H,24,26)(H,25,27). The van der Waals surface area contributed by atoms with Crippen molar-refractivity contribution < 1.29 is 27.2 Å². The van der Waals surface area contributed by atoms with Crippen molar-refractivity contribution in [3.05, 3.63) is 83.6 Å². The maximum Gasteiger partial charge on any atom is 0.416 e. The minimum absolute atomic E-state index is 0.0208. The van der Waals surface area contributed by atoms with E-state index in [2.05, 4.69) is 15.6 Å². The van der Waals surface area contributed by atoms with Crippen molar-refractivity contribution in [2.45, 2.75) is 12.7 Å². The number of halogens is 3. The summed E-state index contributed by atoms with van der Waals surface area (Å²) >= 11 is 0. The molecule has 9 heteroatoms. The van der Waals surface area contributed by atoms with Gasteiger partial charge in [0.25, 0.3) is 11.8 Å². The number of nitrogens with zero attached hydrogens (tertiary/aromatic N) is 1. The van der Waals surface area contributed by atoms with Gasteiger partial charge in [-0.05, 0) is 36.4 Å². The number of pyridine rings is 1. The van der Waals surface area contributed by atoms with Gasteiger partial charge in [-0.3, -0.25) is 14.6 Å². The second kappa shape index (κ2) is 7.95. The molecule has 2 amide bonds. The Morgan fingerprint density at radius 3 is 2.43 bits per heavy atom. The molecule has 0 aliphatic carbocycles. The fourth-order valence-electron chi connectivity index (χ4n) is 2.35. The molecule has 0 atom stereocenters. The van der Waals surface area contributed by atoms with Crippen LogP contribution in [0.15, 0.2) is 65.5 Å². The highest BCUT2D eigenvalue weighted by Gasteiger charge is 2.30. The molecule has 3 aromatic rings. The molecule has 0 fully saturated rings. The van der Waals surface area contributed by atoms with Crippen LogP contribution < -0.4 is 10.6 Å². The van der Waals surface area contributed by atoms with Gasteiger partial charge in [0, 0.05) is 18.1 Å². The van der Waals surface area contributed by atoms with E-state index in [-0.39, 0.29) is 23.4 Å². The first kappa shape index (κ1) is 19.2. The number of amides is 2. The first-order valence-corrected chi connectivity index (χ1v) is 8.07. The number of carbonyl (C=O) groups excluding carboxylic acids is 2. The Balaban J connectivity index is 1.69. The number of carbonyl (C=O) groups is 2. The first-order chi connectivity index (χ1) is 13.3. The summed E-state index contributed by atoms with van der Waals surface area (Å²) in [6.45, 7) is 0.159. The second-order valence-corrected chi connectivity index (χ2v) is 5.76. The van der Waals surface area contributed by atoms with Crippen LogP contribution in [0.3, 0.4) is 0 Å². The number of alkyl halides is 3. The smallest absolute Gasteiger partial charge is 0.416 e. The number of benzene rings is 1. The highest BCUT2D eigenvalue weighted by atomic mass is 19.4. The molecule has 0 saturated carbocycles. The molecule has 2 aromatic heterocycles. The van der Waals surface area contributed by atoms with Crippen molar-refractivity contribution in [1.82, 2.24) is 10.3 Å². The summed E-state index contributed by atoms with van der Waals surface area (Å²) in [5.41, 5.74) is -0.742. The third-order valence-electron chi connectivity index (χ3n) is 3.71. The maximum atomic E-state index is 12.8. The lowest BCUT2D eigenvalue weighted by molar-refractivity contribution is -0.137. The summed E-state index contributed by atoms with van der Waals surface area (Å²) in [5.74, 6) is -0.607. The van der Waals surface area contributed by atoms with Gasteiger partial charge >= 0.3 is 6.18 Å². The minimum Gasteiger partial charge on any atom is -0.467 e. The lowest BCUT2D eigenvalue weighted by Gasteiger charge is -2.10. The van der Waals surface area contributed by atoms with E-state index in [0.717, 1.165) is 12.1 Å². The Hall–Kier alpha value is -3.62. The van der Waals surface area contributed by atoms with E-state index in [1.165, 1.54) is 36.9 Å². The van der Waals surface area contributed by atoms with E-state index in [4.69, 9.17) is 4.42 Å². The molecule has 0 radical (unpaired) electrons. The number of nitrogens with one attached hydrogen (secondary N) is 2. The fraction of sp³-hybridized carbons (Fsp3) is 0.105. The Bertz CT molecular complexity index is 985. The van der Waals surface area contributed by atoms with Crippen LogP contribution in [-0.2, 0) is 12.7 Å². The van der Waals surface area contributed by atoms with Gasteiger partial charge in [-0.1, -0.05) is 6.07 Å². The Labute approximate surface area is 157 Å². The first-order valence-electron chi connectivity index (χ1n) is 8.07. The van der Waals surface area contributed by atoms with E-state index in [1.54, 1.807) is 12.1 Å². The third-order valence-corrected chi connectivity index (χ3v) is 3.71. The van der Waals surface area contributed by atoms with Gasteiger partial charge in [0.15, 0.2) is 0 Å². The zero-order valence-electron chi connectivity index (χ0n) is 14.3. The van der Waals surface area contributed by atoms with Gasteiger partial charge in [0.05, 0.1) is 29.5 Å². The summed E-state index contributed by atoms with van der Waals surface area (Å²) in [5, 5.41) is 4.98. The molecule has 1 aromatic carbocycles. The number of anilines is 1. The van der Waals surface area contributed by atoms with Gasteiger partial charge < -0.3 is 15.1 Å². The molecule has 6 nitrogen and oxygen atoms in total. The summed E-state index contributed by atoms with van der Waals surface area (Å²) in [6, 6.07) is 8.93. The molecule has 0 bridgehead atoms. The zero-order valence-corrected chi connectivity index (χ0v) is 14.3. The molecule has 0 saturated heterocycles. The molecule has 2 heterocycles. The number of rotatable bonds is 5. The van der Waals surface area contributed by atoms with Crippen LogP contribution in [0.25, 0.3) is 0 Å². The molecule has 3 rings (SSSR count). The molecule has 28 heavy (non-hydrogen) atoms. The van der Waals surface area contributed by atoms with E-state index in [9.17, 15) is 22.8 Å². The minimum atomic E-state index is -4.52. The van der Waals surface area contributed by atoms with Crippen LogP contribution in [0.5, 0.6) is 0 Å². The van der Waals surface area contributed by atoms with Crippen LogP contribution in [0, 0.1) is 0 Å². The monoisotopic (exact) mass is 389 g/mol. The van der Waals surface area contributed by atoms with Crippen LogP contribution in [0.2, 0.25) is 0 Å². The van der Waals surface area contributed by atoms with Crippen molar-refractivity contribution in [3.8, 4) is 0 Å². The summed E-state index contributed by atoms with van der Waals surface area (Å²) in [6.07, 6.45) is -0.555. The van der Waals surface area contributed by atoms with E-state index in [1.807, 2.05) is 0 Å². The Morgan fingerprint density at radius 1 is 1.00 bits per heavy atom. The topological polar surface area (TPSA) is 84.2 Å². The van der Waals surface area contributed by atoms with Gasteiger partial charge in [-0.2, -0.15) is 13.2 Å². The molecular formula is C19H14F3N3O3.